The molecule has 0 saturated heterocycles. The molecule has 0 bridgehead atoms. The number of halogens is 1. The highest BCUT2D eigenvalue weighted by atomic mass is 19.1. The topological polar surface area (TPSA) is 81.1 Å². The molecular formula is C16H18FN3O. The van der Waals surface area contributed by atoms with Crippen molar-refractivity contribution in [2.45, 2.75) is 13.3 Å². The summed E-state index contributed by atoms with van der Waals surface area (Å²) < 4.78 is 13.8. The number of primary amides is 1. The van der Waals surface area contributed by atoms with Gasteiger partial charge in [0.1, 0.15) is 5.82 Å². The van der Waals surface area contributed by atoms with Crippen LogP contribution in [0.15, 0.2) is 36.4 Å². The third-order valence-corrected chi connectivity index (χ3v) is 3.22. The van der Waals surface area contributed by atoms with Crippen LogP contribution in [0.2, 0.25) is 0 Å². The third-order valence-electron chi connectivity index (χ3n) is 3.22. The number of rotatable bonds is 5. The van der Waals surface area contributed by atoms with Gasteiger partial charge in [-0.15, -0.1) is 0 Å². The van der Waals surface area contributed by atoms with Crippen LogP contribution in [-0.4, -0.2) is 12.5 Å². The van der Waals surface area contributed by atoms with Gasteiger partial charge in [0.05, 0.1) is 11.3 Å². The summed E-state index contributed by atoms with van der Waals surface area (Å²) in [6.45, 7) is 2.57. The van der Waals surface area contributed by atoms with E-state index in [0.29, 0.717) is 6.54 Å². The quantitative estimate of drug-likeness (QED) is 0.739. The largest absolute Gasteiger partial charge is 0.398 e. The molecule has 21 heavy (non-hydrogen) atoms. The van der Waals surface area contributed by atoms with Crippen LogP contribution in [0.25, 0.3) is 0 Å². The number of benzene rings is 2. The van der Waals surface area contributed by atoms with Crippen LogP contribution >= 0.6 is 0 Å². The standard InChI is InChI=1S/C16H18FN3O/c1-10-3-2-4-11(7-10)5-6-20-15-8-12(16(19)21)14(18)9-13(15)17/h2-4,7-9,20H,5-6,18H2,1H3,(H2,19,21). The molecule has 110 valence electrons. The molecule has 0 aliphatic heterocycles. The first-order valence-electron chi connectivity index (χ1n) is 6.65. The molecule has 4 nitrogen and oxygen atoms in total. The van der Waals surface area contributed by atoms with Gasteiger partial charge in [-0.05, 0) is 31.0 Å². The zero-order valence-corrected chi connectivity index (χ0v) is 11.8. The van der Waals surface area contributed by atoms with Crippen molar-refractivity contribution in [2.24, 2.45) is 5.73 Å². The summed E-state index contributed by atoms with van der Waals surface area (Å²) in [6.07, 6.45) is 0.747. The lowest BCUT2D eigenvalue weighted by atomic mass is 10.1. The van der Waals surface area contributed by atoms with Crippen molar-refractivity contribution in [3.8, 4) is 0 Å². The van der Waals surface area contributed by atoms with Crippen LogP contribution in [0, 0.1) is 12.7 Å². The molecule has 0 radical (unpaired) electrons. The summed E-state index contributed by atoms with van der Waals surface area (Å²) in [5, 5.41) is 2.97. The Labute approximate surface area is 123 Å². The minimum absolute atomic E-state index is 0.0456. The number of carbonyl (C=O) groups is 1. The number of anilines is 2. The zero-order valence-electron chi connectivity index (χ0n) is 11.8. The van der Waals surface area contributed by atoms with Crippen LogP contribution in [0.3, 0.4) is 0 Å². The van der Waals surface area contributed by atoms with Gasteiger partial charge in [-0.3, -0.25) is 4.79 Å². The Morgan fingerprint density at radius 2 is 2.05 bits per heavy atom. The molecule has 0 unspecified atom stereocenters. The van der Waals surface area contributed by atoms with Crippen LogP contribution in [0.5, 0.6) is 0 Å². The molecule has 0 fully saturated rings. The lowest BCUT2D eigenvalue weighted by Crippen LogP contribution is -2.15. The maximum Gasteiger partial charge on any atom is 0.250 e. The molecule has 0 saturated carbocycles. The molecular weight excluding hydrogens is 269 g/mol. The van der Waals surface area contributed by atoms with Gasteiger partial charge in [-0.2, -0.15) is 0 Å². The fraction of sp³-hybridized carbons (Fsp3) is 0.188. The minimum atomic E-state index is -0.672. The van der Waals surface area contributed by atoms with Gasteiger partial charge in [0.2, 0.25) is 0 Å². The summed E-state index contributed by atoms with van der Waals surface area (Å²) >= 11 is 0. The molecule has 0 aromatic heterocycles. The second kappa shape index (κ2) is 6.26. The molecule has 5 heteroatoms. The fourth-order valence-corrected chi connectivity index (χ4v) is 2.15. The highest BCUT2D eigenvalue weighted by molar-refractivity contribution is 5.99. The van der Waals surface area contributed by atoms with E-state index in [0.717, 1.165) is 18.1 Å². The second-order valence-corrected chi connectivity index (χ2v) is 4.95. The van der Waals surface area contributed by atoms with Crippen molar-refractivity contribution in [3.05, 3.63) is 58.9 Å². The van der Waals surface area contributed by atoms with Crippen molar-refractivity contribution in [2.75, 3.05) is 17.6 Å². The Bertz CT molecular complexity index is 671. The molecule has 2 aromatic rings. The van der Waals surface area contributed by atoms with E-state index >= 15 is 0 Å². The van der Waals surface area contributed by atoms with Gasteiger partial charge in [0, 0.05) is 12.2 Å². The van der Waals surface area contributed by atoms with Gasteiger partial charge < -0.3 is 16.8 Å². The van der Waals surface area contributed by atoms with Gasteiger partial charge >= 0.3 is 0 Å². The van der Waals surface area contributed by atoms with Crippen molar-refractivity contribution < 1.29 is 9.18 Å². The molecule has 5 N–H and O–H groups in total. The van der Waals surface area contributed by atoms with Gasteiger partial charge in [0.25, 0.3) is 5.91 Å². The van der Waals surface area contributed by atoms with Gasteiger partial charge in [-0.1, -0.05) is 29.8 Å². The summed E-state index contributed by atoms with van der Waals surface area (Å²) in [4.78, 5) is 11.2. The van der Waals surface area contributed by atoms with Crippen LogP contribution in [0.1, 0.15) is 21.5 Å². The maximum absolute atomic E-state index is 13.8. The number of aryl methyl sites for hydroxylation is 1. The zero-order chi connectivity index (χ0) is 15.4. The summed E-state index contributed by atoms with van der Waals surface area (Å²) in [6, 6.07) is 10.6. The van der Waals surface area contributed by atoms with E-state index in [1.54, 1.807) is 0 Å². The van der Waals surface area contributed by atoms with Crippen LogP contribution in [0.4, 0.5) is 15.8 Å². The first kappa shape index (κ1) is 14.8. The highest BCUT2D eigenvalue weighted by Crippen LogP contribution is 2.22. The first-order valence-corrected chi connectivity index (χ1v) is 6.65. The fourth-order valence-electron chi connectivity index (χ4n) is 2.15. The third kappa shape index (κ3) is 3.72. The molecule has 2 rings (SSSR count). The van der Waals surface area contributed by atoms with E-state index < -0.39 is 11.7 Å². The number of nitrogens with two attached hydrogens (primary N) is 2. The summed E-state index contributed by atoms with van der Waals surface area (Å²) in [5.74, 6) is -1.17. The lowest BCUT2D eigenvalue weighted by Gasteiger charge is -2.11. The highest BCUT2D eigenvalue weighted by Gasteiger charge is 2.11. The average Bonchev–Trinajstić information content (AvgIpc) is 2.41. The predicted octanol–water partition coefficient (Wildman–Crippen LogP) is 2.47. The SMILES string of the molecule is Cc1cccc(CCNc2cc(C(N)=O)c(N)cc2F)c1. The number of carbonyl (C=O) groups excluding carboxylic acids is 1. The second-order valence-electron chi connectivity index (χ2n) is 4.95. The van der Waals surface area contributed by atoms with E-state index in [-0.39, 0.29) is 16.9 Å². The monoisotopic (exact) mass is 287 g/mol. The number of nitrogen functional groups attached to an aromatic ring is 1. The maximum atomic E-state index is 13.8. The Balaban J connectivity index is 2.06. The normalized spacial score (nSPS) is 10.4. The summed E-state index contributed by atoms with van der Waals surface area (Å²) in [5.41, 5.74) is 13.5. The van der Waals surface area contributed by atoms with E-state index in [1.807, 2.05) is 25.1 Å². The molecule has 0 atom stereocenters. The van der Waals surface area contributed by atoms with Crippen LogP contribution in [-0.2, 0) is 6.42 Å². The lowest BCUT2D eigenvalue weighted by molar-refractivity contribution is 0.100. The predicted molar refractivity (Wildman–Crippen MR) is 82.7 cm³/mol. The summed E-state index contributed by atoms with van der Waals surface area (Å²) in [7, 11) is 0. The molecule has 1 amide bonds. The van der Waals surface area contributed by atoms with E-state index in [1.165, 1.54) is 11.6 Å². The van der Waals surface area contributed by atoms with Gasteiger partial charge in [-0.25, -0.2) is 4.39 Å². The minimum Gasteiger partial charge on any atom is -0.398 e. The number of amides is 1. The first-order chi connectivity index (χ1) is 9.97. The van der Waals surface area contributed by atoms with E-state index in [4.69, 9.17) is 11.5 Å². The number of nitrogens with one attached hydrogen (secondary N) is 1. The Hall–Kier alpha value is -2.56. The van der Waals surface area contributed by atoms with Crippen LogP contribution < -0.4 is 16.8 Å². The molecule has 0 heterocycles. The Morgan fingerprint density at radius 1 is 1.29 bits per heavy atom. The molecule has 0 aliphatic rings. The smallest absolute Gasteiger partial charge is 0.250 e. The Kier molecular flexibility index (Phi) is 4.42. The van der Waals surface area contributed by atoms with Crippen molar-refractivity contribution in [3.63, 3.8) is 0 Å². The van der Waals surface area contributed by atoms with Crippen molar-refractivity contribution >= 4 is 17.3 Å². The van der Waals surface area contributed by atoms with E-state index in [9.17, 15) is 9.18 Å². The Morgan fingerprint density at radius 3 is 2.71 bits per heavy atom. The number of hydrogen-bond acceptors (Lipinski definition) is 3. The number of hydrogen-bond donors (Lipinski definition) is 3. The van der Waals surface area contributed by atoms with Crippen molar-refractivity contribution in [1.29, 1.82) is 0 Å². The van der Waals surface area contributed by atoms with E-state index in [2.05, 4.69) is 11.4 Å². The molecule has 2 aromatic carbocycles. The molecule has 0 spiro atoms. The van der Waals surface area contributed by atoms with Gasteiger partial charge in [0.15, 0.2) is 0 Å². The average molecular weight is 287 g/mol. The molecule has 0 aliphatic carbocycles. The van der Waals surface area contributed by atoms with Crippen molar-refractivity contribution in [1.82, 2.24) is 0 Å².